The fourth-order valence-corrected chi connectivity index (χ4v) is 2.31. The Morgan fingerprint density at radius 1 is 1.37 bits per heavy atom. The molecule has 2 N–H and O–H groups in total. The van der Waals surface area contributed by atoms with E-state index in [4.69, 9.17) is 4.74 Å². The second-order valence-electron chi connectivity index (χ2n) is 4.46. The van der Waals surface area contributed by atoms with Crippen molar-refractivity contribution in [3.05, 3.63) is 29.8 Å². The van der Waals surface area contributed by atoms with Gasteiger partial charge in [-0.1, -0.05) is 12.1 Å². The van der Waals surface area contributed by atoms with Gasteiger partial charge in [-0.3, -0.25) is 4.79 Å². The number of amides is 1. The largest absolute Gasteiger partial charge is 0.389 e. The standard InChI is InChI=1S/C14H21NO3S/c1-10(8-18-3)15-14(17)9-19-13-6-4-12(5-7-13)11(2)16/h4-7,10-11,16H,8-9H2,1-3H3,(H,15,17). The monoisotopic (exact) mass is 283 g/mol. The van der Waals surface area contributed by atoms with Gasteiger partial charge in [-0.05, 0) is 31.5 Å². The molecular formula is C14H21NO3S. The molecule has 0 radical (unpaired) electrons. The van der Waals surface area contributed by atoms with Crippen molar-refractivity contribution in [2.24, 2.45) is 0 Å². The van der Waals surface area contributed by atoms with Crippen LogP contribution in [0.25, 0.3) is 0 Å². The highest BCUT2D eigenvalue weighted by Crippen LogP contribution is 2.20. The first-order valence-corrected chi connectivity index (χ1v) is 7.20. The maximum absolute atomic E-state index is 11.6. The van der Waals surface area contributed by atoms with Gasteiger partial charge >= 0.3 is 0 Å². The maximum Gasteiger partial charge on any atom is 0.230 e. The van der Waals surface area contributed by atoms with E-state index in [1.54, 1.807) is 14.0 Å². The summed E-state index contributed by atoms with van der Waals surface area (Å²) in [7, 11) is 1.61. The Kier molecular flexibility index (Phi) is 6.91. The number of benzene rings is 1. The molecule has 0 saturated carbocycles. The lowest BCUT2D eigenvalue weighted by Crippen LogP contribution is -2.36. The number of aliphatic hydroxyl groups is 1. The van der Waals surface area contributed by atoms with Crippen molar-refractivity contribution in [3.63, 3.8) is 0 Å². The molecule has 5 heteroatoms. The molecule has 106 valence electrons. The Bertz CT molecular complexity index is 392. The first kappa shape index (κ1) is 16.0. The second kappa shape index (κ2) is 8.19. The summed E-state index contributed by atoms with van der Waals surface area (Å²) < 4.78 is 4.96. The third-order valence-corrected chi connectivity index (χ3v) is 3.57. The van der Waals surface area contributed by atoms with Crippen LogP contribution in [0.15, 0.2) is 29.2 Å². The first-order valence-electron chi connectivity index (χ1n) is 6.22. The molecule has 2 atom stereocenters. The van der Waals surface area contributed by atoms with Crippen molar-refractivity contribution in [1.29, 1.82) is 0 Å². The van der Waals surface area contributed by atoms with E-state index in [9.17, 15) is 9.90 Å². The topological polar surface area (TPSA) is 58.6 Å². The molecule has 0 bridgehead atoms. The van der Waals surface area contributed by atoms with Crippen molar-refractivity contribution in [3.8, 4) is 0 Å². The van der Waals surface area contributed by atoms with Crippen LogP contribution < -0.4 is 5.32 Å². The lowest BCUT2D eigenvalue weighted by Gasteiger charge is -2.12. The van der Waals surface area contributed by atoms with Crippen LogP contribution in [-0.4, -0.2) is 36.5 Å². The number of hydrogen-bond acceptors (Lipinski definition) is 4. The fraction of sp³-hybridized carbons (Fsp3) is 0.500. The molecule has 2 unspecified atom stereocenters. The minimum atomic E-state index is -0.461. The first-order chi connectivity index (χ1) is 9.02. The van der Waals surface area contributed by atoms with Gasteiger partial charge in [0.25, 0.3) is 0 Å². The van der Waals surface area contributed by atoms with E-state index in [1.165, 1.54) is 11.8 Å². The summed E-state index contributed by atoms with van der Waals surface area (Å²) in [4.78, 5) is 12.7. The Morgan fingerprint density at radius 2 is 2.00 bits per heavy atom. The molecule has 1 amide bonds. The number of carbonyl (C=O) groups excluding carboxylic acids is 1. The van der Waals surface area contributed by atoms with E-state index in [2.05, 4.69) is 5.32 Å². The van der Waals surface area contributed by atoms with Crippen LogP contribution in [0, 0.1) is 0 Å². The van der Waals surface area contributed by atoms with Crippen molar-refractivity contribution < 1.29 is 14.6 Å². The third kappa shape index (κ3) is 6.09. The van der Waals surface area contributed by atoms with E-state index in [0.717, 1.165) is 10.5 Å². The van der Waals surface area contributed by atoms with Crippen molar-refractivity contribution in [1.82, 2.24) is 5.32 Å². The zero-order chi connectivity index (χ0) is 14.3. The Hall–Kier alpha value is -1.04. The average molecular weight is 283 g/mol. The van der Waals surface area contributed by atoms with Crippen LogP contribution in [0.1, 0.15) is 25.5 Å². The molecule has 0 aliphatic heterocycles. The number of ether oxygens (including phenoxy) is 1. The minimum absolute atomic E-state index is 0.00541. The van der Waals surface area contributed by atoms with Gasteiger partial charge in [-0.15, -0.1) is 11.8 Å². The molecule has 0 saturated heterocycles. The molecule has 0 aromatic heterocycles. The fourth-order valence-electron chi connectivity index (χ4n) is 1.60. The molecule has 0 heterocycles. The SMILES string of the molecule is COCC(C)NC(=O)CSc1ccc(C(C)O)cc1. The van der Waals surface area contributed by atoms with E-state index < -0.39 is 6.10 Å². The van der Waals surface area contributed by atoms with Crippen molar-refractivity contribution in [2.45, 2.75) is 30.9 Å². The quantitative estimate of drug-likeness (QED) is 0.751. The minimum Gasteiger partial charge on any atom is -0.389 e. The predicted octanol–water partition coefficient (Wildman–Crippen LogP) is 1.98. The summed E-state index contributed by atoms with van der Waals surface area (Å²) in [5, 5.41) is 12.3. The molecule has 4 nitrogen and oxygen atoms in total. The predicted molar refractivity (Wildman–Crippen MR) is 77.3 cm³/mol. The number of carbonyl (C=O) groups is 1. The molecule has 1 rings (SSSR count). The normalized spacial score (nSPS) is 13.9. The molecule has 0 aliphatic carbocycles. The van der Waals surface area contributed by atoms with Gasteiger partial charge in [0.15, 0.2) is 0 Å². The van der Waals surface area contributed by atoms with Gasteiger partial charge < -0.3 is 15.2 Å². The lowest BCUT2D eigenvalue weighted by atomic mass is 10.1. The van der Waals surface area contributed by atoms with Gasteiger partial charge in [0.1, 0.15) is 0 Å². The zero-order valence-electron chi connectivity index (χ0n) is 11.6. The molecule has 0 fully saturated rings. The molecule has 0 spiro atoms. The second-order valence-corrected chi connectivity index (χ2v) is 5.51. The third-order valence-electron chi connectivity index (χ3n) is 2.56. The number of thioether (sulfide) groups is 1. The van der Waals surface area contributed by atoms with Gasteiger partial charge in [0.2, 0.25) is 5.91 Å². The summed E-state index contributed by atoms with van der Waals surface area (Å²) in [5.41, 5.74) is 0.877. The molecule has 1 aromatic carbocycles. The zero-order valence-corrected chi connectivity index (χ0v) is 12.4. The molecule has 0 aliphatic rings. The highest BCUT2D eigenvalue weighted by atomic mass is 32.2. The number of methoxy groups -OCH3 is 1. The average Bonchev–Trinajstić information content (AvgIpc) is 2.37. The Morgan fingerprint density at radius 3 is 2.53 bits per heavy atom. The lowest BCUT2D eigenvalue weighted by molar-refractivity contribution is -0.119. The van der Waals surface area contributed by atoms with Crippen molar-refractivity contribution >= 4 is 17.7 Å². The van der Waals surface area contributed by atoms with E-state index in [0.29, 0.717) is 12.4 Å². The summed E-state index contributed by atoms with van der Waals surface area (Å²) in [5.74, 6) is 0.372. The van der Waals surface area contributed by atoms with Gasteiger partial charge in [-0.2, -0.15) is 0 Å². The van der Waals surface area contributed by atoms with E-state index >= 15 is 0 Å². The summed E-state index contributed by atoms with van der Waals surface area (Å²) in [6.07, 6.45) is -0.461. The van der Waals surface area contributed by atoms with E-state index in [-0.39, 0.29) is 11.9 Å². The summed E-state index contributed by atoms with van der Waals surface area (Å²) in [6, 6.07) is 7.60. The van der Waals surface area contributed by atoms with Gasteiger partial charge in [0, 0.05) is 18.0 Å². The van der Waals surface area contributed by atoms with Crippen molar-refractivity contribution in [2.75, 3.05) is 19.5 Å². The van der Waals surface area contributed by atoms with Gasteiger partial charge in [0.05, 0.1) is 18.5 Å². The van der Waals surface area contributed by atoms with Crippen LogP contribution in [-0.2, 0) is 9.53 Å². The van der Waals surface area contributed by atoms with Crippen LogP contribution in [0.5, 0.6) is 0 Å². The number of nitrogens with one attached hydrogen (secondary N) is 1. The number of aliphatic hydroxyl groups excluding tert-OH is 1. The number of hydrogen-bond donors (Lipinski definition) is 2. The van der Waals surface area contributed by atoms with Crippen LogP contribution in [0.3, 0.4) is 0 Å². The maximum atomic E-state index is 11.6. The summed E-state index contributed by atoms with van der Waals surface area (Å²) in [6.45, 7) is 4.15. The molecule has 19 heavy (non-hydrogen) atoms. The van der Waals surface area contributed by atoms with Gasteiger partial charge in [-0.25, -0.2) is 0 Å². The van der Waals surface area contributed by atoms with Crippen LogP contribution in [0.4, 0.5) is 0 Å². The highest BCUT2D eigenvalue weighted by Gasteiger charge is 2.07. The Balaban J connectivity index is 2.37. The Labute approximate surface area is 118 Å². The summed E-state index contributed by atoms with van der Waals surface area (Å²) >= 11 is 1.47. The van der Waals surface area contributed by atoms with Crippen LogP contribution >= 0.6 is 11.8 Å². The smallest absolute Gasteiger partial charge is 0.230 e. The van der Waals surface area contributed by atoms with Crippen LogP contribution in [0.2, 0.25) is 0 Å². The van der Waals surface area contributed by atoms with E-state index in [1.807, 2.05) is 31.2 Å². The molecular weight excluding hydrogens is 262 g/mol. The molecule has 1 aromatic rings. The number of rotatable bonds is 7. The highest BCUT2D eigenvalue weighted by molar-refractivity contribution is 8.00.